The smallest absolute Gasteiger partial charge is 0.349 e. The van der Waals surface area contributed by atoms with Crippen molar-refractivity contribution < 1.29 is 14.6 Å². The SMILES string of the molecule is O=C(NC1CCCCC1)c1cc(Oc2c(Br)cc(-n3ncc(=O)[nH]c3=O)cc2Br)ccc1O. The third kappa shape index (κ3) is 5.36. The Hall–Kier alpha value is -2.92. The van der Waals surface area contributed by atoms with Gasteiger partial charge in [-0.05, 0) is 75.0 Å². The molecular formula is C22H20Br2N4O5. The van der Waals surface area contributed by atoms with Crippen LogP contribution in [-0.2, 0) is 0 Å². The molecule has 172 valence electrons. The maximum absolute atomic E-state index is 12.7. The van der Waals surface area contributed by atoms with Crippen LogP contribution in [0.15, 0.2) is 55.1 Å². The molecule has 9 nitrogen and oxygen atoms in total. The van der Waals surface area contributed by atoms with Crippen molar-refractivity contribution in [2.24, 2.45) is 0 Å². The minimum Gasteiger partial charge on any atom is -0.507 e. The first-order valence-corrected chi connectivity index (χ1v) is 11.9. The third-order valence-electron chi connectivity index (χ3n) is 5.31. The highest BCUT2D eigenvalue weighted by atomic mass is 79.9. The summed E-state index contributed by atoms with van der Waals surface area (Å²) in [5.74, 6) is 0.255. The Morgan fingerprint density at radius 1 is 1.12 bits per heavy atom. The van der Waals surface area contributed by atoms with Gasteiger partial charge < -0.3 is 15.2 Å². The molecule has 33 heavy (non-hydrogen) atoms. The average molecular weight is 580 g/mol. The van der Waals surface area contributed by atoms with E-state index in [1.165, 1.54) is 18.6 Å². The van der Waals surface area contributed by atoms with Gasteiger partial charge in [-0.1, -0.05) is 19.3 Å². The second kappa shape index (κ2) is 9.92. The lowest BCUT2D eigenvalue weighted by Gasteiger charge is -2.23. The average Bonchev–Trinajstić information content (AvgIpc) is 2.78. The van der Waals surface area contributed by atoms with E-state index < -0.39 is 11.2 Å². The van der Waals surface area contributed by atoms with E-state index in [9.17, 15) is 19.5 Å². The van der Waals surface area contributed by atoms with Gasteiger partial charge in [0.1, 0.15) is 17.7 Å². The molecule has 11 heteroatoms. The van der Waals surface area contributed by atoms with Crippen LogP contribution in [0.1, 0.15) is 42.5 Å². The number of nitrogens with one attached hydrogen (secondary N) is 2. The van der Waals surface area contributed by atoms with Gasteiger partial charge in [0.2, 0.25) is 0 Å². The first kappa shape index (κ1) is 23.2. The Balaban J connectivity index is 1.58. The number of amides is 1. The van der Waals surface area contributed by atoms with Crippen molar-refractivity contribution in [1.82, 2.24) is 20.1 Å². The molecule has 0 bridgehead atoms. The molecule has 3 N–H and O–H groups in total. The van der Waals surface area contributed by atoms with Crippen molar-refractivity contribution in [3.8, 4) is 22.9 Å². The van der Waals surface area contributed by atoms with E-state index in [1.54, 1.807) is 18.2 Å². The first-order valence-electron chi connectivity index (χ1n) is 10.3. The lowest BCUT2D eigenvalue weighted by atomic mass is 9.95. The molecule has 0 saturated heterocycles. The predicted molar refractivity (Wildman–Crippen MR) is 128 cm³/mol. The zero-order valence-electron chi connectivity index (χ0n) is 17.3. The molecule has 4 rings (SSSR count). The fourth-order valence-electron chi connectivity index (χ4n) is 3.69. The summed E-state index contributed by atoms with van der Waals surface area (Å²) in [5, 5.41) is 17.0. The zero-order chi connectivity index (χ0) is 23.5. The van der Waals surface area contributed by atoms with Gasteiger partial charge in [0.15, 0.2) is 5.75 Å². The maximum atomic E-state index is 12.7. The summed E-state index contributed by atoms with van der Waals surface area (Å²) in [7, 11) is 0. The van der Waals surface area contributed by atoms with Crippen molar-refractivity contribution >= 4 is 37.8 Å². The Bertz CT molecular complexity index is 1290. The minimum atomic E-state index is -0.679. The Morgan fingerprint density at radius 3 is 2.48 bits per heavy atom. The van der Waals surface area contributed by atoms with E-state index in [0.717, 1.165) is 36.6 Å². The molecule has 0 atom stereocenters. The topological polar surface area (TPSA) is 126 Å². The van der Waals surface area contributed by atoms with Crippen LogP contribution < -0.4 is 21.3 Å². The standard InChI is InChI=1S/C22H20Br2N4O5/c23-16-8-13(28-22(32)27-19(30)11-25-28)9-17(24)20(16)33-14-6-7-18(29)15(10-14)21(31)26-12-4-2-1-3-5-12/h6-12,29H,1-5H2,(H,26,31)(H,27,30,32). The van der Waals surface area contributed by atoms with Crippen LogP contribution in [0.25, 0.3) is 5.69 Å². The number of aromatic nitrogens is 3. The van der Waals surface area contributed by atoms with Crippen molar-refractivity contribution in [2.45, 2.75) is 38.1 Å². The van der Waals surface area contributed by atoms with E-state index in [4.69, 9.17) is 4.74 Å². The van der Waals surface area contributed by atoms with Crippen molar-refractivity contribution in [1.29, 1.82) is 0 Å². The summed E-state index contributed by atoms with van der Waals surface area (Å²) in [6.45, 7) is 0. The van der Waals surface area contributed by atoms with Crippen LogP contribution in [0, 0.1) is 0 Å². The molecule has 1 fully saturated rings. The molecule has 1 heterocycles. The van der Waals surface area contributed by atoms with Gasteiger partial charge in [-0.15, -0.1) is 0 Å². The summed E-state index contributed by atoms with van der Waals surface area (Å²) < 4.78 is 7.99. The van der Waals surface area contributed by atoms with E-state index in [2.05, 4.69) is 47.3 Å². The summed E-state index contributed by atoms with van der Waals surface area (Å²) in [6.07, 6.45) is 6.21. The van der Waals surface area contributed by atoms with Crippen molar-refractivity contribution in [2.75, 3.05) is 0 Å². The second-order valence-corrected chi connectivity index (χ2v) is 9.39. The number of rotatable bonds is 5. The second-order valence-electron chi connectivity index (χ2n) is 7.68. The summed E-state index contributed by atoms with van der Waals surface area (Å²) in [5.41, 5.74) is -0.751. The lowest BCUT2D eigenvalue weighted by Crippen LogP contribution is -2.36. The number of nitrogens with zero attached hydrogens (tertiary/aromatic N) is 2. The molecule has 0 spiro atoms. The molecule has 1 aromatic heterocycles. The molecule has 3 aromatic rings. The molecule has 1 amide bonds. The van der Waals surface area contributed by atoms with Crippen LogP contribution in [-0.4, -0.2) is 31.8 Å². The van der Waals surface area contributed by atoms with Crippen LogP contribution in [0.4, 0.5) is 0 Å². The highest BCUT2D eigenvalue weighted by Gasteiger charge is 2.20. The number of phenols is 1. The van der Waals surface area contributed by atoms with Crippen molar-refractivity contribution in [3.05, 3.63) is 71.9 Å². The van der Waals surface area contributed by atoms with Gasteiger partial charge in [0.05, 0.1) is 20.2 Å². The largest absolute Gasteiger partial charge is 0.507 e. The number of halogens is 2. The van der Waals surface area contributed by atoms with Gasteiger partial charge in [0.25, 0.3) is 11.5 Å². The van der Waals surface area contributed by atoms with E-state index >= 15 is 0 Å². The summed E-state index contributed by atoms with van der Waals surface area (Å²) in [4.78, 5) is 38.2. The summed E-state index contributed by atoms with van der Waals surface area (Å²) in [6, 6.07) is 7.75. The van der Waals surface area contributed by atoms with Gasteiger partial charge >= 0.3 is 5.69 Å². The normalized spacial score (nSPS) is 14.1. The Labute approximate surface area is 205 Å². The molecular weight excluding hydrogens is 560 g/mol. The van der Waals surface area contributed by atoms with E-state index in [1.807, 2.05) is 0 Å². The number of hydrogen-bond acceptors (Lipinski definition) is 6. The molecule has 1 saturated carbocycles. The van der Waals surface area contributed by atoms with Gasteiger partial charge in [-0.2, -0.15) is 9.78 Å². The third-order valence-corrected chi connectivity index (χ3v) is 6.49. The minimum absolute atomic E-state index is 0.107. The Kier molecular flexibility index (Phi) is 6.99. The predicted octanol–water partition coefficient (Wildman–Crippen LogP) is 4.01. The number of aromatic amines is 1. The number of H-pyrrole nitrogens is 1. The molecule has 0 radical (unpaired) electrons. The molecule has 2 aromatic carbocycles. The molecule has 0 aliphatic heterocycles. The monoisotopic (exact) mass is 578 g/mol. The van der Waals surface area contributed by atoms with Gasteiger partial charge in [-0.25, -0.2) is 4.79 Å². The Morgan fingerprint density at radius 2 is 1.82 bits per heavy atom. The number of carbonyl (C=O) groups excluding carboxylic acids is 1. The zero-order valence-corrected chi connectivity index (χ0v) is 20.5. The maximum Gasteiger partial charge on any atom is 0.349 e. The molecule has 0 unspecified atom stereocenters. The number of ether oxygens (including phenoxy) is 1. The number of phenolic OH excluding ortho intramolecular Hbond substituents is 1. The fraction of sp³-hybridized carbons (Fsp3) is 0.273. The number of aromatic hydroxyl groups is 1. The van der Waals surface area contributed by atoms with Crippen LogP contribution in [0.3, 0.4) is 0 Å². The van der Waals surface area contributed by atoms with Crippen LogP contribution >= 0.6 is 31.9 Å². The highest BCUT2D eigenvalue weighted by molar-refractivity contribution is 9.11. The van der Waals surface area contributed by atoms with Crippen LogP contribution in [0.2, 0.25) is 0 Å². The van der Waals surface area contributed by atoms with Gasteiger partial charge in [0, 0.05) is 6.04 Å². The highest BCUT2D eigenvalue weighted by Crippen LogP contribution is 2.39. The molecule has 1 aliphatic carbocycles. The van der Waals surface area contributed by atoms with E-state index in [0.29, 0.717) is 26.1 Å². The van der Waals surface area contributed by atoms with Crippen molar-refractivity contribution in [3.63, 3.8) is 0 Å². The lowest BCUT2D eigenvalue weighted by molar-refractivity contribution is 0.0924. The number of benzene rings is 2. The molecule has 1 aliphatic rings. The van der Waals surface area contributed by atoms with Crippen LogP contribution in [0.5, 0.6) is 17.2 Å². The first-order chi connectivity index (χ1) is 15.8. The fourth-order valence-corrected chi connectivity index (χ4v) is 5.02. The van der Waals surface area contributed by atoms with E-state index in [-0.39, 0.29) is 23.3 Å². The van der Waals surface area contributed by atoms with Gasteiger partial charge in [-0.3, -0.25) is 14.6 Å². The summed E-state index contributed by atoms with van der Waals surface area (Å²) >= 11 is 6.84. The number of carbonyl (C=O) groups is 1. The quantitative estimate of drug-likeness (QED) is 0.419. The number of hydrogen-bond donors (Lipinski definition) is 3.